The third-order valence-corrected chi connectivity index (χ3v) is 5.07. The fourth-order valence-corrected chi connectivity index (χ4v) is 3.28. The molecule has 2 amide bonds. The van der Waals surface area contributed by atoms with E-state index in [1.165, 1.54) is 0 Å². The maximum absolute atomic E-state index is 12.6. The largest absolute Gasteiger partial charge is 0.494 e. The third-order valence-electron chi connectivity index (χ3n) is 5.07. The van der Waals surface area contributed by atoms with E-state index in [0.717, 1.165) is 11.3 Å². The van der Waals surface area contributed by atoms with Crippen molar-refractivity contribution in [2.45, 2.75) is 25.9 Å². The van der Waals surface area contributed by atoms with Gasteiger partial charge in [-0.05, 0) is 43.2 Å². The molecule has 0 radical (unpaired) electrons. The van der Waals surface area contributed by atoms with Crippen LogP contribution in [0.1, 0.15) is 18.9 Å². The van der Waals surface area contributed by atoms with Crippen molar-refractivity contribution in [2.24, 2.45) is 0 Å². The lowest BCUT2D eigenvalue weighted by Crippen LogP contribution is -2.43. The van der Waals surface area contributed by atoms with Crippen LogP contribution < -0.4 is 14.8 Å². The minimum atomic E-state index is -0.981. The number of rotatable bonds is 17. The Hall–Kier alpha value is -3.30. The molecule has 2 aromatic rings. The van der Waals surface area contributed by atoms with Crippen molar-refractivity contribution in [1.82, 2.24) is 10.2 Å². The second kappa shape index (κ2) is 16.3. The SMILES string of the molecule is CCOC(Cc1ccc(OCCN(CCCOc2ccccc2)C(=O)NCCOC)cc1)C(=O)O. The average Bonchev–Trinajstić information content (AvgIpc) is 2.86. The minimum Gasteiger partial charge on any atom is -0.494 e. The van der Waals surface area contributed by atoms with Crippen LogP contribution in [0.25, 0.3) is 0 Å². The molecule has 1 atom stereocenters. The van der Waals surface area contributed by atoms with Gasteiger partial charge >= 0.3 is 12.0 Å². The first-order valence-corrected chi connectivity index (χ1v) is 11.8. The number of carbonyl (C=O) groups excluding carboxylic acids is 1. The van der Waals surface area contributed by atoms with Crippen LogP contribution in [-0.4, -0.2) is 81.3 Å². The topological polar surface area (TPSA) is 107 Å². The predicted octanol–water partition coefficient (Wildman–Crippen LogP) is 3.22. The zero-order chi connectivity index (χ0) is 25.3. The third kappa shape index (κ3) is 11.1. The van der Waals surface area contributed by atoms with E-state index in [-0.39, 0.29) is 12.5 Å². The summed E-state index contributed by atoms with van der Waals surface area (Å²) in [6.45, 7) is 4.69. The van der Waals surface area contributed by atoms with Crippen molar-refractivity contribution in [1.29, 1.82) is 0 Å². The van der Waals surface area contributed by atoms with E-state index in [9.17, 15) is 14.7 Å². The van der Waals surface area contributed by atoms with Gasteiger partial charge in [0.15, 0.2) is 6.10 Å². The van der Waals surface area contributed by atoms with E-state index in [0.29, 0.717) is 58.2 Å². The van der Waals surface area contributed by atoms with Crippen LogP contribution in [0.5, 0.6) is 11.5 Å². The molecule has 1 unspecified atom stereocenters. The van der Waals surface area contributed by atoms with E-state index in [1.54, 1.807) is 31.1 Å². The van der Waals surface area contributed by atoms with Crippen LogP contribution in [0.4, 0.5) is 4.79 Å². The predicted molar refractivity (Wildman–Crippen MR) is 132 cm³/mol. The molecule has 0 aliphatic carbocycles. The molecular formula is C26H36N2O7. The highest BCUT2D eigenvalue weighted by molar-refractivity contribution is 5.74. The highest BCUT2D eigenvalue weighted by Gasteiger charge is 2.18. The molecule has 0 aliphatic heterocycles. The van der Waals surface area contributed by atoms with Crippen LogP contribution in [0.2, 0.25) is 0 Å². The van der Waals surface area contributed by atoms with E-state index in [4.69, 9.17) is 18.9 Å². The summed E-state index contributed by atoms with van der Waals surface area (Å²) in [5.74, 6) is 0.459. The van der Waals surface area contributed by atoms with E-state index in [2.05, 4.69) is 5.32 Å². The summed E-state index contributed by atoms with van der Waals surface area (Å²) >= 11 is 0. The fraction of sp³-hybridized carbons (Fsp3) is 0.462. The van der Waals surface area contributed by atoms with Crippen LogP contribution >= 0.6 is 0 Å². The van der Waals surface area contributed by atoms with Gasteiger partial charge in [0.1, 0.15) is 18.1 Å². The number of nitrogens with zero attached hydrogens (tertiary/aromatic N) is 1. The number of hydrogen-bond acceptors (Lipinski definition) is 6. The Balaban J connectivity index is 1.82. The number of carboxylic acids is 1. The van der Waals surface area contributed by atoms with Gasteiger partial charge < -0.3 is 34.3 Å². The highest BCUT2D eigenvalue weighted by atomic mass is 16.5. The molecule has 0 saturated carbocycles. The molecule has 9 nitrogen and oxygen atoms in total. The number of nitrogens with one attached hydrogen (secondary N) is 1. The molecule has 0 spiro atoms. The summed E-state index contributed by atoms with van der Waals surface area (Å²) < 4.78 is 21.8. The Morgan fingerprint density at radius 1 is 0.943 bits per heavy atom. The summed E-state index contributed by atoms with van der Waals surface area (Å²) in [6, 6.07) is 16.6. The van der Waals surface area contributed by atoms with Gasteiger partial charge in [-0.25, -0.2) is 9.59 Å². The van der Waals surface area contributed by atoms with E-state index >= 15 is 0 Å². The van der Waals surface area contributed by atoms with Gasteiger partial charge in [-0.1, -0.05) is 30.3 Å². The van der Waals surface area contributed by atoms with Crippen molar-refractivity contribution < 1.29 is 33.6 Å². The number of aliphatic carboxylic acids is 1. The molecular weight excluding hydrogens is 452 g/mol. The number of amides is 2. The van der Waals surface area contributed by atoms with Gasteiger partial charge in [0.2, 0.25) is 0 Å². The standard InChI is InChI=1S/C26H36N2O7/c1-3-33-24(25(29)30)20-21-10-12-23(13-11-21)35-19-16-28(26(31)27-14-18-32-2)15-7-17-34-22-8-5-4-6-9-22/h4-6,8-13,24H,3,7,14-20H2,1-2H3,(H,27,31)(H,29,30). The quantitative estimate of drug-likeness (QED) is 0.329. The number of carbonyl (C=O) groups is 2. The molecule has 192 valence electrons. The summed E-state index contributed by atoms with van der Waals surface area (Å²) in [5, 5.41) is 12.1. The second-order valence-electron chi connectivity index (χ2n) is 7.71. The summed E-state index contributed by atoms with van der Waals surface area (Å²) in [6.07, 6.45) is 0.0818. The Labute approximate surface area is 206 Å². The van der Waals surface area contributed by atoms with Crippen LogP contribution in [0, 0.1) is 0 Å². The van der Waals surface area contributed by atoms with Gasteiger partial charge in [0, 0.05) is 33.2 Å². The molecule has 9 heteroatoms. The molecule has 2 N–H and O–H groups in total. The lowest BCUT2D eigenvalue weighted by atomic mass is 10.1. The summed E-state index contributed by atoms with van der Waals surface area (Å²) in [7, 11) is 1.59. The van der Waals surface area contributed by atoms with Crippen LogP contribution in [-0.2, 0) is 20.7 Å². The van der Waals surface area contributed by atoms with E-state index in [1.807, 2.05) is 42.5 Å². The Morgan fingerprint density at radius 2 is 1.63 bits per heavy atom. The van der Waals surface area contributed by atoms with Crippen molar-refractivity contribution in [3.8, 4) is 11.5 Å². The number of methoxy groups -OCH3 is 1. The van der Waals surface area contributed by atoms with Crippen LogP contribution in [0.3, 0.4) is 0 Å². The smallest absolute Gasteiger partial charge is 0.333 e. The number of hydrogen-bond donors (Lipinski definition) is 2. The lowest BCUT2D eigenvalue weighted by molar-refractivity contribution is -0.149. The lowest BCUT2D eigenvalue weighted by Gasteiger charge is -2.23. The Morgan fingerprint density at radius 3 is 2.29 bits per heavy atom. The van der Waals surface area contributed by atoms with Crippen molar-refractivity contribution in [3.05, 3.63) is 60.2 Å². The monoisotopic (exact) mass is 488 g/mol. The zero-order valence-corrected chi connectivity index (χ0v) is 20.5. The number of carboxylic acid groups (broad SMARTS) is 1. The van der Waals surface area contributed by atoms with Crippen LogP contribution in [0.15, 0.2) is 54.6 Å². The van der Waals surface area contributed by atoms with Gasteiger partial charge in [-0.2, -0.15) is 0 Å². The molecule has 2 rings (SSSR count). The number of urea groups is 1. The normalized spacial score (nSPS) is 11.5. The first-order valence-electron chi connectivity index (χ1n) is 11.8. The fourth-order valence-electron chi connectivity index (χ4n) is 3.28. The van der Waals surface area contributed by atoms with Crippen molar-refractivity contribution in [2.75, 3.05) is 53.2 Å². The van der Waals surface area contributed by atoms with Gasteiger partial charge in [-0.15, -0.1) is 0 Å². The Kier molecular flexibility index (Phi) is 13.1. The van der Waals surface area contributed by atoms with Gasteiger partial charge in [0.05, 0.1) is 19.8 Å². The summed E-state index contributed by atoms with van der Waals surface area (Å²) in [4.78, 5) is 25.5. The first kappa shape index (κ1) is 27.9. The van der Waals surface area contributed by atoms with Gasteiger partial charge in [-0.3, -0.25) is 0 Å². The second-order valence-corrected chi connectivity index (χ2v) is 7.71. The molecule has 0 bridgehead atoms. The molecule has 0 fully saturated rings. The molecule has 0 saturated heterocycles. The van der Waals surface area contributed by atoms with E-state index < -0.39 is 12.1 Å². The van der Waals surface area contributed by atoms with Crippen molar-refractivity contribution >= 4 is 12.0 Å². The average molecular weight is 489 g/mol. The van der Waals surface area contributed by atoms with Gasteiger partial charge in [0.25, 0.3) is 0 Å². The molecule has 0 heterocycles. The maximum atomic E-state index is 12.6. The first-order chi connectivity index (χ1) is 17.0. The maximum Gasteiger partial charge on any atom is 0.333 e. The Bertz CT molecular complexity index is 862. The molecule has 0 aliphatic rings. The van der Waals surface area contributed by atoms with Crippen molar-refractivity contribution in [3.63, 3.8) is 0 Å². The molecule has 0 aromatic heterocycles. The number of ether oxygens (including phenoxy) is 4. The molecule has 35 heavy (non-hydrogen) atoms. The molecule has 2 aromatic carbocycles. The number of benzene rings is 2. The minimum absolute atomic E-state index is 0.184. The zero-order valence-electron chi connectivity index (χ0n) is 20.5. The number of para-hydroxylation sites is 1. The highest BCUT2D eigenvalue weighted by Crippen LogP contribution is 2.15. The summed E-state index contributed by atoms with van der Waals surface area (Å²) in [5.41, 5.74) is 0.843.